The van der Waals surface area contributed by atoms with Gasteiger partial charge in [-0.05, 0) is 18.2 Å². The fourth-order valence-electron chi connectivity index (χ4n) is 1.53. The van der Waals surface area contributed by atoms with Crippen LogP contribution in [0.25, 0.3) is 0 Å². The molecule has 0 saturated heterocycles. The SMILES string of the molecule is O=C(Nc1c(F)cc(F)cc1F)c1cc(O)ccc1Cl. The normalized spacial score (nSPS) is 10.4. The smallest absolute Gasteiger partial charge is 0.257 e. The van der Waals surface area contributed by atoms with Crippen molar-refractivity contribution in [2.24, 2.45) is 0 Å². The molecule has 2 aromatic carbocycles. The summed E-state index contributed by atoms with van der Waals surface area (Å²) in [7, 11) is 0. The van der Waals surface area contributed by atoms with Crippen LogP contribution in [0.3, 0.4) is 0 Å². The molecule has 0 aliphatic rings. The third-order valence-electron chi connectivity index (χ3n) is 2.44. The lowest BCUT2D eigenvalue weighted by atomic mass is 10.2. The summed E-state index contributed by atoms with van der Waals surface area (Å²) in [6.45, 7) is 0. The number of phenols is 1. The molecule has 1 amide bonds. The lowest BCUT2D eigenvalue weighted by Crippen LogP contribution is -2.15. The van der Waals surface area contributed by atoms with Crippen LogP contribution in [0, 0.1) is 17.5 Å². The Bertz CT molecular complexity index is 668. The first-order chi connectivity index (χ1) is 9.38. The number of halogens is 4. The second-order valence-electron chi connectivity index (χ2n) is 3.86. The van der Waals surface area contributed by atoms with Crippen molar-refractivity contribution in [2.75, 3.05) is 5.32 Å². The predicted molar refractivity (Wildman–Crippen MR) is 67.4 cm³/mol. The van der Waals surface area contributed by atoms with Crippen molar-refractivity contribution in [3.63, 3.8) is 0 Å². The Labute approximate surface area is 116 Å². The summed E-state index contributed by atoms with van der Waals surface area (Å²) in [6, 6.07) is 4.41. The van der Waals surface area contributed by atoms with Crippen LogP contribution < -0.4 is 5.32 Å². The van der Waals surface area contributed by atoms with Gasteiger partial charge in [-0.3, -0.25) is 4.79 Å². The highest BCUT2D eigenvalue weighted by Gasteiger charge is 2.17. The van der Waals surface area contributed by atoms with Crippen LogP contribution in [0.15, 0.2) is 30.3 Å². The molecule has 7 heteroatoms. The van der Waals surface area contributed by atoms with Crippen LogP contribution in [0.4, 0.5) is 18.9 Å². The Morgan fingerprint density at radius 2 is 1.70 bits per heavy atom. The maximum Gasteiger partial charge on any atom is 0.257 e. The molecule has 0 fully saturated rings. The molecule has 3 nitrogen and oxygen atoms in total. The lowest BCUT2D eigenvalue weighted by Gasteiger charge is -2.09. The number of benzene rings is 2. The highest BCUT2D eigenvalue weighted by atomic mass is 35.5. The van der Waals surface area contributed by atoms with Crippen molar-refractivity contribution in [3.05, 3.63) is 58.4 Å². The Kier molecular flexibility index (Phi) is 3.85. The van der Waals surface area contributed by atoms with Gasteiger partial charge in [-0.15, -0.1) is 0 Å². The average molecular weight is 302 g/mol. The Hall–Kier alpha value is -2.21. The minimum atomic E-state index is -1.26. The fraction of sp³-hybridized carbons (Fsp3) is 0. The van der Waals surface area contributed by atoms with Gasteiger partial charge in [0.15, 0.2) is 11.6 Å². The van der Waals surface area contributed by atoms with E-state index in [-0.39, 0.29) is 16.3 Å². The number of carbonyl (C=O) groups excluding carboxylic acids is 1. The van der Waals surface area contributed by atoms with Crippen molar-refractivity contribution in [2.45, 2.75) is 0 Å². The molecule has 2 rings (SSSR count). The van der Waals surface area contributed by atoms with Crippen LogP contribution in [0.1, 0.15) is 10.4 Å². The van der Waals surface area contributed by atoms with Crippen molar-refractivity contribution in [1.29, 1.82) is 0 Å². The quantitative estimate of drug-likeness (QED) is 0.888. The summed E-state index contributed by atoms with van der Waals surface area (Å²) in [4.78, 5) is 11.8. The monoisotopic (exact) mass is 301 g/mol. The predicted octanol–water partition coefficient (Wildman–Crippen LogP) is 3.72. The van der Waals surface area contributed by atoms with Gasteiger partial charge in [0.2, 0.25) is 0 Å². The van der Waals surface area contributed by atoms with E-state index < -0.39 is 29.0 Å². The molecule has 0 saturated carbocycles. The maximum atomic E-state index is 13.4. The van der Waals surface area contributed by atoms with Crippen LogP contribution in [-0.2, 0) is 0 Å². The highest BCUT2D eigenvalue weighted by molar-refractivity contribution is 6.34. The van der Waals surface area contributed by atoms with Crippen molar-refractivity contribution >= 4 is 23.2 Å². The summed E-state index contributed by atoms with van der Waals surface area (Å²) in [5, 5.41) is 11.2. The van der Waals surface area contributed by atoms with E-state index in [1.807, 2.05) is 5.32 Å². The zero-order valence-electron chi connectivity index (χ0n) is 9.75. The van der Waals surface area contributed by atoms with Gasteiger partial charge in [0.1, 0.15) is 17.3 Å². The molecular weight excluding hydrogens is 295 g/mol. The maximum absolute atomic E-state index is 13.4. The van der Waals surface area contributed by atoms with Gasteiger partial charge in [0, 0.05) is 12.1 Å². The molecule has 0 aromatic heterocycles. The first kappa shape index (κ1) is 14.2. The zero-order valence-corrected chi connectivity index (χ0v) is 10.5. The molecule has 0 aliphatic carbocycles. The van der Waals surface area contributed by atoms with Gasteiger partial charge >= 0.3 is 0 Å². The molecule has 2 N–H and O–H groups in total. The lowest BCUT2D eigenvalue weighted by molar-refractivity contribution is 0.102. The molecule has 20 heavy (non-hydrogen) atoms. The second kappa shape index (κ2) is 5.42. The molecule has 0 heterocycles. The third-order valence-corrected chi connectivity index (χ3v) is 2.77. The summed E-state index contributed by atoms with van der Waals surface area (Å²) in [6.07, 6.45) is 0. The summed E-state index contributed by atoms with van der Waals surface area (Å²) in [5.74, 6) is -4.79. The van der Waals surface area contributed by atoms with E-state index in [1.54, 1.807) is 0 Å². The zero-order chi connectivity index (χ0) is 14.9. The van der Waals surface area contributed by atoms with E-state index in [2.05, 4.69) is 0 Å². The van der Waals surface area contributed by atoms with Crippen LogP contribution >= 0.6 is 11.6 Å². The number of rotatable bonds is 2. The molecule has 104 valence electrons. The number of aromatic hydroxyl groups is 1. The number of amides is 1. The van der Waals surface area contributed by atoms with Crippen molar-refractivity contribution in [1.82, 2.24) is 0 Å². The molecule has 0 atom stereocenters. The topological polar surface area (TPSA) is 49.3 Å². The van der Waals surface area contributed by atoms with Crippen LogP contribution in [0.5, 0.6) is 5.75 Å². The number of anilines is 1. The summed E-state index contributed by atoms with van der Waals surface area (Å²) >= 11 is 5.74. The van der Waals surface area contributed by atoms with E-state index in [1.165, 1.54) is 12.1 Å². The number of phenolic OH excluding ortho intramolecular Hbond substituents is 1. The molecular formula is C13H7ClF3NO2. The first-order valence-electron chi connectivity index (χ1n) is 5.33. The van der Waals surface area contributed by atoms with E-state index >= 15 is 0 Å². The summed E-state index contributed by atoms with van der Waals surface area (Å²) in [5.41, 5.74) is -0.967. The van der Waals surface area contributed by atoms with Crippen molar-refractivity contribution < 1.29 is 23.1 Å². The Morgan fingerprint density at radius 1 is 1.10 bits per heavy atom. The standard InChI is InChI=1S/C13H7ClF3NO2/c14-9-2-1-7(19)5-8(9)13(20)18-12-10(16)3-6(15)4-11(12)17/h1-5,19H,(H,18,20). The Morgan fingerprint density at radius 3 is 2.30 bits per heavy atom. The minimum Gasteiger partial charge on any atom is -0.508 e. The van der Waals surface area contributed by atoms with E-state index in [4.69, 9.17) is 11.6 Å². The van der Waals surface area contributed by atoms with Gasteiger partial charge in [-0.1, -0.05) is 11.6 Å². The van der Waals surface area contributed by atoms with Gasteiger partial charge in [0.05, 0.1) is 10.6 Å². The molecule has 0 radical (unpaired) electrons. The molecule has 0 bridgehead atoms. The van der Waals surface area contributed by atoms with Gasteiger partial charge in [0.25, 0.3) is 5.91 Å². The van der Waals surface area contributed by atoms with Crippen LogP contribution in [0.2, 0.25) is 5.02 Å². The molecule has 2 aromatic rings. The van der Waals surface area contributed by atoms with Gasteiger partial charge in [-0.25, -0.2) is 13.2 Å². The van der Waals surface area contributed by atoms with E-state index in [9.17, 15) is 23.1 Å². The van der Waals surface area contributed by atoms with Gasteiger partial charge in [-0.2, -0.15) is 0 Å². The van der Waals surface area contributed by atoms with E-state index in [0.717, 1.165) is 6.07 Å². The molecule has 0 spiro atoms. The van der Waals surface area contributed by atoms with Crippen molar-refractivity contribution in [3.8, 4) is 5.75 Å². The average Bonchev–Trinajstić information content (AvgIpc) is 2.36. The number of hydrogen-bond acceptors (Lipinski definition) is 2. The van der Waals surface area contributed by atoms with Gasteiger partial charge < -0.3 is 10.4 Å². The fourth-order valence-corrected chi connectivity index (χ4v) is 1.73. The minimum absolute atomic E-state index is 0.0109. The second-order valence-corrected chi connectivity index (χ2v) is 4.27. The number of carbonyl (C=O) groups is 1. The molecule has 0 aliphatic heterocycles. The largest absolute Gasteiger partial charge is 0.508 e. The number of nitrogens with one attached hydrogen (secondary N) is 1. The summed E-state index contributed by atoms with van der Waals surface area (Å²) < 4.78 is 39.5. The highest BCUT2D eigenvalue weighted by Crippen LogP contribution is 2.25. The Balaban J connectivity index is 2.35. The van der Waals surface area contributed by atoms with E-state index in [0.29, 0.717) is 12.1 Å². The van der Waals surface area contributed by atoms with Crippen LogP contribution in [-0.4, -0.2) is 11.0 Å². The number of hydrogen-bond donors (Lipinski definition) is 2. The first-order valence-corrected chi connectivity index (χ1v) is 5.70. The third kappa shape index (κ3) is 2.85. The molecule has 0 unspecified atom stereocenters.